The van der Waals surface area contributed by atoms with Gasteiger partial charge in [-0.3, -0.25) is 4.79 Å². The number of nitriles is 1. The molecule has 2 aromatic carbocycles. The van der Waals surface area contributed by atoms with E-state index < -0.39 is 0 Å². The van der Waals surface area contributed by atoms with E-state index in [4.69, 9.17) is 5.26 Å². The Labute approximate surface area is 104 Å². The molecule has 82 valence electrons. The first-order valence-corrected chi connectivity index (χ1v) is 5.88. The Kier molecular flexibility index (Phi) is 3.59. The lowest BCUT2D eigenvalue weighted by Gasteiger charge is -2.05. The van der Waals surface area contributed by atoms with Crippen molar-refractivity contribution in [1.29, 1.82) is 5.26 Å². The molecule has 0 aliphatic rings. The van der Waals surface area contributed by atoms with Gasteiger partial charge in [0.1, 0.15) is 6.07 Å². The smallest absolute Gasteiger partial charge is 0.151 e. The Morgan fingerprint density at radius 2 is 1.65 bits per heavy atom. The van der Waals surface area contributed by atoms with Gasteiger partial charge in [0.15, 0.2) is 6.29 Å². The summed E-state index contributed by atoms with van der Waals surface area (Å²) >= 11 is 1.44. The Morgan fingerprint density at radius 1 is 1.00 bits per heavy atom. The predicted octanol–water partition coefficient (Wildman–Crippen LogP) is 3.52. The van der Waals surface area contributed by atoms with Gasteiger partial charge in [-0.05, 0) is 18.2 Å². The fourth-order valence-electron chi connectivity index (χ4n) is 1.44. The summed E-state index contributed by atoms with van der Waals surface area (Å²) in [5.41, 5.74) is 1.27. The average Bonchev–Trinajstić information content (AvgIpc) is 2.40. The van der Waals surface area contributed by atoms with Crippen molar-refractivity contribution in [1.82, 2.24) is 0 Å². The van der Waals surface area contributed by atoms with Gasteiger partial charge in [0.25, 0.3) is 0 Å². The molecule has 0 saturated heterocycles. The van der Waals surface area contributed by atoms with Crippen LogP contribution in [0.5, 0.6) is 0 Å². The molecule has 0 radical (unpaired) electrons. The van der Waals surface area contributed by atoms with E-state index in [1.807, 2.05) is 36.4 Å². The molecule has 0 atom stereocenters. The molecule has 0 aliphatic heterocycles. The Hall–Kier alpha value is -2.05. The SMILES string of the molecule is N#Cc1ccccc1Sc1ccccc1C=O. The second-order valence-corrected chi connectivity index (χ2v) is 4.45. The molecule has 0 aromatic heterocycles. The molecule has 2 rings (SSSR count). The summed E-state index contributed by atoms with van der Waals surface area (Å²) < 4.78 is 0. The minimum Gasteiger partial charge on any atom is -0.298 e. The molecule has 17 heavy (non-hydrogen) atoms. The van der Waals surface area contributed by atoms with Crippen LogP contribution in [0.3, 0.4) is 0 Å². The summed E-state index contributed by atoms with van der Waals surface area (Å²) in [5, 5.41) is 8.99. The zero-order valence-corrected chi connectivity index (χ0v) is 9.78. The molecular weight excluding hydrogens is 230 g/mol. The molecule has 0 saturated carbocycles. The van der Waals surface area contributed by atoms with Crippen LogP contribution in [-0.2, 0) is 0 Å². The standard InChI is InChI=1S/C14H9NOS/c15-9-11-5-1-3-7-13(11)17-14-8-4-2-6-12(14)10-16/h1-8,10H. The van der Waals surface area contributed by atoms with Gasteiger partial charge in [0.2, 0.25) is 0 Å². The maximum absolute atomic E-state index is 10.9. The van der Waals surface area contributed by atoms with Crippen molar-refractivity contribution in [3.63, 3.8) is 0 Å². The van der Waals surface area contributed by atoms with E-state index in [1.165, 1.54) is 11.8 Å². The first kappa shape index (κ1) is 11.4. The van der Waals surface area contributed by atoms with Crippen molar-refractivity contribution in [3.05, 3.63) is 59.7 Å². The second kappa shape index (κ2) is 5.33. The van der Waals surface area contributed by atoms with E-state index in [0.29, 0.717) is 11.1 Å². The van der Waals surface area contributed by atoms with E-state index in [2.05, 4.69) is 6.07 Å². The highest BCUT2D eigenvalue weighted by Crippen LogP contribution is 2.31. The first-order valence-electron chi connectivity index (χ1n) is 5.06. The molecule has 0 amide bonds. The van der Waals surface area contributed by atoms with Crippen LogP contribution in [-0.4, -0.2) is 6.29 Å². The normalized spacial score (nSPS) is 9.59. The number of hydrogen-bond donors (Lipinski definition) is 0. The third-order valence-corrected chi connectivity index (χ3v) is 3.44. The van der Waals surface area contributed by atoms with Crippen LogP contribution in [0.4, 0.5) is 0 Å². The molecule has 0 fully saturated rings. The van der Waals surface area contributed by atoms with Gasteiger partial charge in [0, 0.05) is 15.4 Å². The van der Waals surface area contributed by atoms with E-state index in [0.717, 1.165) is 16.1 Å². The summed E-state index contributed by atoms with van der Waals surface area (Å²) in [4.78, 5) is 12.6. The average molecular weight is 239 g/mol. The van der Waals surface area contributed by atoms with Crippen molar-refractivity contribution in [3.8, 4) is 6.07 Å². The molecule has 0 unspecified atom stereocenters. The van der Waals surface area contributed by atoms with Crippen molar-refractivity contribution in [2.75, 3.05) is 0 Å². The highest BCUT2D eigenvalue weighted by molar-refractivity contribution is 7.99. The van der Waals surface area contributed by atoms with Crippen LogP contribution in [0.25, 0.3) is 0 Å². The van der Waals surface area contributed by atoms with Gasteiger partial charge in [-0.2, -0.15) is 5.26 Å². The summed E-state index contributed by atoms with van der Waals surface area (Å²) in [6.07, 6.45) is 0.831. The van der Waals surface area contributed by atoms with Gasteiger partial charge >= 0.3 is 0 Å². The van der Waals surface area contributed by atoms with Crippen molar-refractivity contribution < 1.29 is 4.79 Å². The summed E-state index contributed by atoms with van der Waals surface area (Å²) in [5.74, 6) is 0. The molecule has 0 N–H and O–H groups in total. The number of rotatable bonds is 3. The van der Waals surface area contributed by atoms with Crippen LogP contribution < -0.4 is 0 Å². The molecule has 2 nitrogen and oxygen atoms in total. The van der Waals surface area contributed by atoms with Crippen LogP contribution in [0.15, 0.2) is 58.3 Å². The van der Waals surface area contributed by atoms with E-state index >= 15 is 0 Å². The molecule has 3 heteroatoms. The number of benzene rings is 2. The molecule has 0 spiro atoms. The number of aldehydes is 1. The topological polar surface area (TPSA) is 40.9 Å². The highest BCUT2D eigenvalue weighted by atomic mass is 32.2. The number of hydrogen-bond acceptors (Lipinski definition) is 3. The highest BCUT2D eigenvalue weighted by Gasteiger charge is 2.06. The first-order chi connectivity index (χ1) is 8.35. The second-order valence-electron chi connectivity index (χ2n) is 3.37. The fourth-order valence-corrected chi connectivity index (χ4v) is 2.43. The molecular formula is C14H9NOS. The molecule has 2 aromatic rings. The van der Waals surface area contributed by atoms with Gasteiger partial charge in [-0.1, -0.05) is 42.1 Å². The fraction of sp³-hybridized carbons (Fsp3) is 0. The third-order valence-electron chi connectivity index (χ3n) is 2.27. The Morgan fingerprint density at radius 3 is 2.35 bits per heavy atom. The van der Waals surface area contributed by atoms with Crippen LogP contribution in [0.1, 0.15) is 15.9 Å². The molecule has 0 heterocycles. The van der Waals surface area contributed by atoms with Crippen LogP contribution >= 0.6 is 11.8 Å². The Bertz CT molecular complexity index is 587. The lowest BCUT2D eigenvalue weighted by Crippen LogP contribution is -1.85. The van der Waals surface area contributed by atoms with Crippen molar-refractivity contribution in [2.24, 2.45) is 0 Å². The number of carbonyl (C=O) groups is 1. The van der Waals surface area contributed by atoms with Gasteiger partial charge < -0.3 is 0 Å². The zero-order valence-electron chi connectivity index (χ0n) is 8.96. The zero-order chi connectivity index (χ0) is 12.1. The van der Waals surface area contributed by atoms with Gasteiger partial charge in [-0.15, -0.1) is 0 Å². The summed E-state index contributed by atoms with van der Waals surface area (Å²) in [6.45, 7) is 0. The maximum Gasteiger partial charge on any atom is 0.151 e. The largest absolute Gasteiger partial charge is 0.298 e. The number of carbonyl (C=O) groups excluding carboxylic acids is 1. The lowest BCUT2D eigenvalue weighted by atomic mass is 10.2. The summed E-state index contributed by atoms with van der Waals surface area (Å²) in [7, 11) is 0. The monoisotopic (exact) mass is 239 g/mol. The third kappa shape index (κ3) is 2.55. The molecule has 0 aliphatic carbocycles. The lowest BCUT2D eigenvalue weighted by molar-refractivity contribution is 0.112. The quantitative estimate of drug-likeness (QED) is 0.769. The maximum atomic E-state index is 10.9. The summed E-state index contributed by atoms with van der Waals surface area (Å²) in [6, 6.07) is 16.9. The van der Waals surface area contributed by atoms with Gasteiger partial charge in [-0.25, -0.2) is 0 Å². The van der Waals surface area contributed by atoms with E-state index in [1.54, 1.807) is 12.1 Å². The number of nitrogens with zero attached hydrogens (tertiary/aromatic N) is 1. The minimum atomic E-state index is 0.623. The molecule has 0 bridgehead atoms. The van der Waals surface area contributed by atoms with E-state index in [9.17, 15) is 4.79 Å². The van der Waals surface area contributed by atoms with E-state index in [-0.39, 0.29) is 0 Å². The van der Waals surface area contributed by atoms with Gasteiger partial charge in [0.05, 0.1) is 5.56 Å². The van der Waals surface area contributed by atoms with Crippen LogP contribution in [0.2, 0.25) is 0 Å². The minimum absolute atomic E-state index is 0.623. The van der Waals surface area contributed by atoms with Crippen molar-refractivity contribution >= 4 is 18.0 Å². The van der Waals surface area contributed by atoms with Crippen molar-refractivity contribution in [2.45, 2.75) is 9.79 Å². The van der Waals surface area contributed by atoms with Crippen LogP contribution in [0, 0.1) is 11.3 Å². The Balaban J connectivity index is 2.38. The predicted molar refractivity (Wildman–Crippen MR) is 67.1 cm³/mol.